The smallest absolute Gasteiger partial charge is 0.191 e. The molecule has 0 spiro atoms. The molecule has 2 aliphatic rings. The predicted molar refractivity (Wildman–Crippen MR) is 146 cm³/mol. The second-order valence-electron chi connectivity index (χ2n) is 9.93. The molecule has 1 aromatic heterocycles. The Balaban J connectivity index is 0.00000289. The molecule has 2 aliphatic heterocycles. The molecule has 2 atom stereocenters. The van der Waals surface area contributed by atoms with Gasteiger partial charge in [-0.3, -0.25) is 4.90 Å². The summed E-state index contributed by atoms with van der Waals surface area (Å²) in [5, 5.41) is 10.4. The molecule has 2 aromatic rings. The summed E-state index contributed by atoms with van der Waals surface area (Å²) < 4.78 is 0. The van der Waals surface area contributed by atoms with E-state index >= 15 is 0 Å². The van der Waals surface area contributed by atoms with E-state index in [9.17, 15) is 0 Å². The van der Waals surface area contributed by atoms with E-state index in [2.05, 4.69) is 78.9 Å². The molecule has 2 N–H and O–H groups in total. The van der Waals surface area contributed by atoms with Crippen LogP contribution in [-0.4, -0.2) is 40.5 Å². The van der Waals surface area contributed by atoms with Gasteiger partial charge < -0.3 is 10.6 Å². The molecule has 3 heterocycles. The van der Waals surface area contributed by atoms with Gasteiger partial charge in [0.2, 0.25) is 0 Å². The number of hydrogen-bond acceptors (Lipinski definition) is 4. The predicted octanol–water partition coefficient (Wildman–Crippen LogP) is 5.31. The van der Waals surface area contributed by atoms with Gasteiger partial charge in [0.1, 0.15) is 5.01 Å². The maximum atomic E-state index is 4.86. The van der Waals surface area contributed by atoms with Crippen molar-refractivity contribution in [3.8, 4) is 0 Å². The first-order chi connectivity index (χ1) is 14.9. The van der Waals surface area contributed by atoms with Gasteiger partial charge in [0.05, 0.1) is 12.2 Å². The van der Waals surface area contributed by atoms with E-state index in [1.54, 1.807) is 11.3 Å². The molecule has 32 heavy (non-hydrogen) atoms. The van der Waals surface area contributed by atoms with Crippen LogP contribution in [0.15, 0.2) is 40.7 Å². The molecule has 2 saturated heterocycles. The average Bonchev–Trinajstić information content (AvgIpc) is 3.30. The van der Waals surface area contributed by atoms with E-state index < -0.39 is 0 Å². The topological polar surface area (TPSA) is 52.6 Å². The summed E-state index contributed by atoms with van der Waals surface area (Å²) >= 11 is 1.71. The maximum Gasteiger partial charge on any atom is 0.191 e. The summed E-state index contributed by atoms with van der Waals surface area (Å²) in [5.41, 5.74) is 2.68. The lowest BCUT2D eigenvalue weighted by molar-refractivity contribution is 0.114. The van der Waals surface area contributed by atoms with E-state index in [1.165, 1.54) is 31.2 Å². The van der Waals surface area contributed by atoms with Crippen LogP contribution < -0.4 is 10.6 Å². The highest BCUT2D eigenvalue weighted by Gasteiger charge is 2.40. The highest BCUT2D eigenvalue weighted by Crippen LogP contribution is 2.36. The first kappa shape index (κ1) is 25.4. The van der Waals surface area contributed by atoms with Gasteiger partial charge in [-0.15, -0.1) is 35.3 Å². The van der Waals surface area contributed by atoms with Crippen molar-refractivity contribution in [1.82, 2.24) is 20.5 Å². The number of hydrogen-bond donors (Lipinski definition) is 2. The average molecular weight is 568 g/mol. The van der Waals surface area contributed by atoms with Gasteiger partial charge in [0.25, 0.3) is 0 Å². The van der Waals surface area contributed by atoms with Gasteiger partial charge in [0.15, 0.2) is 5.96 Å². The zero-order valence-corrected chi connectivity index (χ0v) is 23.0. The zero-order chi connectivity index (χ0) is 21.8. The highest BCUT2D eigenvalue weighted by molar-refractivity contribution is 14.0. The van der Waals surface area contributed by atoms with Crippen LogP contribution in [0.4, 0.5) is 0 Å². The Morgan fingerprint density at radius 2 is 1.84 bits per heavy atom. The number of guanidine groups is 1. The minimum Gasteiger partial charge on any atom is -0.357 e. The van der Waals surface area contributed by atoms with Gasteiger partial charge >= 0.3 is 0 Å². The van der Waals surface area contributed by atoms with E-state index in [0.717, 1.165) is 29.8 Å². The molecular formula is C25H38IN5S. The van der Waals surface area contributed by atoms with Crippen LogP contribution >= 0.6 is 35.3 Å². The summed E-state index contributed by atoms with van der Waals surface area (Å²) in [6, 6.07) is 12.7. The molecule has 0 aliphatic carbocycles. The molecule has 0 saturated carbocycles. The Bertz CT molecular complexity index is 862. The number of halogens is 1. The first-order valence-electron chi connectivity index (χ1n) is 11.7. The fraction of sp³-hybridized carbons (Fsp3) is 0.600. The first-order valence-corrected chi connectivity index (χ1v) is 12.6. The third-order valence-electron chi connectivity index (χ3n) is 6.47. The third kappa shape index (κ3) is 6.44. The molecule has 5 nitrogen and oxygen atoms in total. The fourth-order valence-corrected chi connectivity index (χ4v) is 5.78. The maximum absolute atomic E-state index is 4.86. The number of piperidine rings is 1. The van der Waals surface area contributed by atoms with Crippen LogP contribution in [0.1, 0.15) is 69.6 Å². The zero-order valence-electron chi connectivity index (χ0n) is 19.8. The van der Waals surface area contributed by atoms with Crippen molar-refractivity contribution in [3.05, 3.63) is 52.0 Å². The van der Waals surface area contributed by atoms with Crippen LogP contribution in [0.5, 0.6) is 0 Å². The molecule has 2 unspecified atom stereocenters. The Labute approximate surface area is 214 Å². The summed E-state index contributed by atoms with van der Waals surface area (Å²) in [4.78, 5) is 12.4. The van der Waals surface area contributed by atoms with Crippen LogP contribution in [0.3, 0.4) is 0 Å². The van der Waals surface area contributed by atoms with Crippen molar-refractivity contribution in [1.29, 1.82) is 0 Å². The monoisotopic (exact) mass is 567 g/mol. The molecule has 0 amide bonds. The quantitative estimate of drug-likeness (QED) is 0.282. The molecule has 0 radical (unpaired) electrons. The third-order valence-corrected chi connectivity index (χ3v) is 7.30. The number of rotatable bonds is 6. The van der Waals surface area contributed by atoms with E-state index in [1.807, 2.05) is 0 Å². The molecule has 176 valence electrons. The van der Waals surface area contributed by atoms with Crippen molar-refractivity contribution in [3.63, 3.8) is 0 Å². The second-order valence-corrected chi connectivity index (χ2v) is 10.9. The summed E-state index contributed by atoms with van der Waals surface area (Å²) in [6.07, 6.45) is 5.02. The lowest BCUT2D eigenvalue weighted by Crippen LogP contribution is -2.52. The number of nitrogens with one attached hydrogen (secondary N) is 2. The van der Waals surface area contributed by atoms with Crippen molar-refractivity contribution in [2.45, 2.75) is 90.0 Å². The lowest BCUT2D eigenvalue weighted by atomic mass is 9.93. The second kappa shape index (κ2) is 11.3. The fourth-order valence-electron chi connectivity index (χ4n) is 4.83. The van der Waals surface area contributed by atoms with Crippen LogP contribution in [-0.2, 0) is 18.5 Å². The largest absolute Gasteiger partial charge is 0.357 e. The summed E-state index contributed by atoms with van der Waals surface area (Å²) in [5.74, 6) is 0.927. The standard InChI is InChI=1S/C25H37N5S.HI/c1-5-26-24(27-15-23-29-22(17-31-23)25(2,3)4)28-19-13-20-11-12-21(14-19)30(20)16-18-9-7-6-8-10-18;/h6-10,17,19-21H,5,11-16H2,1-4H3,(H2,26,27,28);1H. The van der Waals surface area contributed by atoms with Crippen LogP contribution in [0.2, 0.25) is 0 Å². The van der Waals surface area contributed by atoms with Crippen molar-refractivity contribution in [2.24, 2.45) is 4.99 Å². The Hall–Kier alpha value is -1.19. The van der Waals surface area contributed by atoms with Gasteiger partial charge in [0, 0.05) is 42.0 Å². The summed E-state index contributed by atoms with van der Waals surface area (Å²) in [6.45, 7) is 11.3. The molecule has 2 fully saturated rings. The van der Waals surface area contributed by atoms with Gasteiger partial charge in [-0.2, -0.15) is 0 Å². The highest BCUT2D eigenvalue weighted by atomic mass is 127. The van der Waals surface area contributed by atoms with E-state index in [4.69, 9.17) is 9.98 Å². The number of nitrogens with zero attached hydrogens (tertiary/aromatic N) is 3. The number of fused-ring (bicyclic) bond motifs is 2. The van der Waals surface area contributed by atoms with Crippen molar-refractivity contribution >= 4 is 41.3 Å². The Kier molecular flexibility index (Phi) is 8.97. The number of aromatic nitrogens is 1. The summed E-state index contributed by atoms with van der Waals surface area (Å²) in [7, 11) is 0. The minimum absolute atomic E-state index is 0. The molecule has 1 aromatic carbocycles. The minimum atomic E-state index is 0. The molecule has 7 heteroatoms. The number of thiazole rings is 1. The van der Waals surface area contributed by atoms with Crippen molar-refractivity contribution < 1.29 is 0 Å². The Morgan fingerprint density at radius 1 is 1.16 bits per heavy atom. The number of aliphatic imine (C=N–C) groups is 1. The van der Waals surface area contributed by atoms with E-state index in [0.29, 0.717) is 24.7 Å². The normalized spacial score (nSPS) is 23.6. The molecule has 2 bridgehead atoms. The van der Waals surface area contributed by atoms with Gasteiger partial charge in [-0.1, -0.05) is 51.1 Å². The number of benzene rings is 1. The van der Waals surface area contributed by atoms with E-state index in [-0.39, 0.29) is 29.4 Å². The Morgan fingerprint density at radius 3 is 2.44 bits per heavy atom. The van der Waals surface area contributed by atoms with Gasteiger partial charge in [-0.25, -0.2) is 9.98 Å². The van der Waals surface area contributed by atoms with Crippen LogP contribution in [0.25, 0.3) is 0 Å². The molecule has 4 rings (SSSR count). The SMILES string of the molecule is CCNC(=NCc1nc(C(C)(C)C)cs1)NC1CC2CCC(C1)N2Cc1ccccc1.I. The molecular weight excluding hydrogens is 529 g/mol. The van der Waals surface area contributed by atoms with Crippen LogP contribution in [0, 0.1) is 0 Å². The lowest BCUT2D eigenvalue weighted by Gasteiger charge is -2.39. The van der Waals surface area contributed by atoms with Crippen molar-refractivity contribution in [2.75, 3.05) is 6.54 Å². The van der Waals surface area contributed by atoms with Gasteiger partial charge in [-0.05, 0) is 38.2 Å².